The number of esters is 1. The molecule has 0 aromatic carbocycles. The number of carbonyl (C=O) groups excluding carboxylic acids is 2. The number of hydrogen-bond acceptors (Lipinski definition) is 5. The van der Waals surface area contributed by atoms with E-state index in [1.807, 2.05) is 0 Å². The number of amides is 1. The topological polar surface area (TPSA) is 95.9 Å². The number of aliphatic hydroxyl groups is 2. The summed E-state index contributed by atoms with van der Waals surface area (Å²) in [5, 5.41) is 23.7. The molecule has 3 unspecified atom stereocenters. The number of hydrogen-bond donors (Lipinski definition) is 3. The minimum absolute atomic E-state index is 0.0673. The zero-order chi connectivity index (χ0) is 45.9. The molecule has 0 aliphatic heterocycles. The van der Waals surface area contributed by atoms with Crippen molar-refractivity contribution in [3.8, 4) is 0 Å². The molecule has 0 aliphatic carbocycles. The first-order chi connectivity index (χ1) is 31.0. The van der Waals surface area contributed by atoms with Crippen LogP contribution in [0.15, 0.2) is 48.6 Å². The summed E-state index contributed by atoms with van der Waals surface area (Å²) in [6.07, 6.45) is 61.7. The minimum Gasteiger partial charge on any atom is -0.462 e. The highest BCUT2D eigenvalue weighted by atomic mass is 16.5. The van der Waals surface area contributed by atoms with E-state index in [9.17, 15) is 19.8 Å². The Morgan fingerprint density at radius 3 is 1.24 bits per heavy atom. The van der Waals surface area contributed by atoms with Crippen LogP contribution in [0.1, 0.15) is 278 Å². The lowest BCUT2D eigenvalue weighted by molar-refractivity contribution is -0.151. The van der Waals surface area contributed by atoms with Crippen molar-refractivity contribution in [2.75, 3.05) is 6.61 Å². The van der Waals surface area contributed by atoms with E-state index in [1.165, 1.54) is 154 Å². The summed E-state index contributed by atoms with van der Waals surface area (Å²) in [7, 11) is 0. The van der Waals surface area contributed by atoms with E-state index in [0.29, 0.717) is 19.3 Å². The number of rotatable bonds is 49. The van der Waals surface area contributed by atoms with Crippen LogP contribution < -0.4 is 5.32 Å². The molecule has 0 aromatic rings. The first-order valence-electron chi connectivity index (χ1n) is 27.4. The Hall–Kier alpha value is -2.18. The van der Waals surface area contributed by atoms with Crippen molar-refractivity contribution in [2.45, 2.75) is 296 Å². The van der Waals surface area contributed by atoms with Crippen LogP contribution in [0.3, 0.4) is 0 Å². The summed E-state index contributed by atoms with van der Waals surface area (Å²) in [4.78, 5) is 26.2. The fraction of sp³-hybridized carbons (Fsp3) is 0.825. The predicted molar refractivity (Wildman–Crippen MR) is 273 cm³/mol. The van der Waals surface area contributed by atoms with Gasteiger partial charge in [-0.25, -0.2) is 0 Å². The molecule has 0 aliphatic rings. The van der Waals surface area contributed by atoms with E-state index in [1.54, 1.807) is 0 Å². The molecule has 368 valence electrons. The Balaban J connectivity index is 4.55. The highest BCUT2D eigenvalue weighted by Gasteiger charge is 2.24. The van der Waals surface area contributed by atoms with Gasteiger partial charge in [0.05, 0.1) is 25.2 Å². The zero-order valence-electron chi connectivity index (χ0n) is 42.0. The van der Waals surface area contributed by atoms with Crippen LogP contribution in [0, 0.1) is 0 Å². The van der Waals surface area contributed by atoms with Crippen molar-refractivity contribution >= 4 is 11.9 Å². The fourth-order valence-electron chi connectivity index (χ4n) is 8.20. The molecule has 3 N–H and O–H groups in total. The molecule has 0 saturated heterocycles. The second kappa shape index (κ2) is 50.8. The van der Waals surface area contributed by atoms with Crippen LogP contribution in [-0.2, 0) is 14.3 Å². The molecule has 63 heavy (non-hydrogen) atoms. The van der Waals surface area contributed by atoms with Gasteiger partial charge >= 0.3 is 5.97 Å². The summed E-state index contributed by atoms with van der Waals surface area (Å²) in [6, 6.07) is -0.706. The summed E-state index contributed by atoms with van der Waals surface area (Å²) >= 11 is 0. The van der Waals surface area contributed by atoms with Gasteiger partial charge in [0.15, 0.2) is 0 Å². The van der Waals surface area contributed by atoms with Crippen molar-refractivity contribution in [3.05, 3.63) is 48.6 Å². The standard InChI is InChI=1S/C57H105NO5/c1-4-7-10-13-16-19-22-24-26-27-28-29-31-33-35-38-41-44-47-50-57(62)63-53(48-45-42-39-36-34-32-30-25-23-20-17-14-11-8-5-2)51-56(61)58-54(52-59)55(60)49-46-43-40-37-21-18-15-12-9-6-3/h16-17,19-20,24-26,30,53-55,59-60H,4-15,18,21-23,27-29,31-52H2,1-3H3,(H,58,61)/b19-16-,20-17-,26-24-,30-25-. The average molecular weight is 884 g/mol. The first kappa shape index (κ1) is 60.8. The quantitative estimate of drug-likeness (QED) is 0.0321. The zero-order valence-corrected chi connectivity index (χ0v) is 42.0. The van der Waals surface area contributed by atoms with Gasteiger partial charge in [0.1, 0.15) is 6.10 Å². The van der Waals surface area contributed by atoms with E-state index in [2.05, 4.69) is 74.7 Å². The molecule has 0 heterocycles. The normalized spacial score (nSPS) is 13.5. The van der Waals surface area contributed by atoms with Crippen LogP contribution in [0.5, 0.6) is 0 Å². The molecule has 3 atom stereocenters. The largest absolute Gasteiger partial charge is 0.462 e. The van der Waals surface area contributed by atoms with Crippen LogP contribution >= 0.6 is 0 Å². The summed E-state index contributed by atoms with van der Waals surface area (Å²) in [5.74, 6) is -0.485. The number of allylic oxidation sites excluding steroid dienone is 8. The second-order valence-electron chi connectivity index (χ2n) is 18.6. The van der Waals surface area contributed by atoms with Gasteiger partial charge in [-0.2, -0.15) is 0 Å². The third kappa shape index (κ3) is 46.2. The maximum atomic E-state index is 13.2. The maximum absolute atomic E-state index is 13.2. The van der Waals surface area contributed by atoms with E-state index in [0.717, 1.165) is 77.0 Å². The van der Waals surface area contributed by atoms with Crippen molar-refractivity contribution in [1.82, 2.24) is 5.32 Å². The highest BCUT2D eigenvalue weighted by molar-refractivity contribution is 5.77. The lowest BCUT2D eigenvalue weighted by atomic mass is 10.0. The molecule has 0 fully saturated rings. The fourth-order valence-corrected chi connectivity index (χ4v) is 8.20. The molecule has 1 amide bonds. The highest BCUT2D eigenvalue weighted by Crippen LogP contribution is 2.18. The lowest BCUT2D eigenvalue weighted by Gasteiger charge is -2.24. The third-order valence-electron chi connectivity index (χ3n) is 12.4. The lowest BCUT2D eigenvalue weighted by Crippen LogP contribution is -2.46. The Kier molecular flexibility index (Phi) is 49.1. The number of unbranched alkanes of at least 4 members (excludes halogenated alkanes) is 29. The average Bonchev–Trinajstić information content (AvgIpc) is 3.28. The maximum Gasteiger partial charge on any atom is 0.306 e. The smallest absolute Gasteiger partial charge is 0.306 e. The number of aliphatic hydroxyl groups excluding tert-OH is 2. The van der Waals surface area contributed by atoms with Gasteiger partial charge < -0.3 is 20.3 Å². The van der Waals surface area contributed by atoms with Crippen LogP contribution in [0.2, 0.25) is 0 Å². The van der Waals surface area contributed by atoms with E-state index in [4.69, 9.17) is 4.74 Å². The van der Waals surface area contributed by atoms with Crippen molar-refractivity contribution in [1.29, 1.82) is 0 Å². The molecule has 6 heteroatoms. The first-order valence-corrected chi connectivity index (χ1v) is 27.4. The SMILES string of the molecule is CCCCC/C=C\C/C=C\CCCCCCCCCCCC(=O)OC(CCCCCCC/C=C\C/C=C\CCCCC)CC(=O)NC(CO)C(O)CCCCCCCCCCCC. The van der Waals surface area contributed by atoms with E-state index >= 15 is 0 Å². The molecule has 6 nitrogen and oxygen atoms in total. The van der Waals surface area contributed by atoms with E-state index in [-0.39, 0.29) is 24.9 Å². The van der Waals surface area contributed by atoms with Gasteiger partial charge in [0.25, 0.3) is 0 Å². The third-order valence-corrected chi connectivity index (χ3v) is 12.4. The monoisotopic (exact) mass is 884 g/mol. The number of ether oxygens (including phenoxy) is 1. The number of carbonyl (C=O) groups is 2. The molecule has 0 spiro atoms. The van der Waals surface area contributed by atoms with Gasteiger partial charge in [-0.3, -0.25) is 9.59 Å². The summed E-state index contributed by atoms with van der Waals surface area (Å²) in [6.45, 7) is 6.43. The summed E-state index contributed by atoms with van der Waals surface area (Å²) in [5.41, 5.74) is 0. The van der Waals surface area contributed by atoms with Gasteiger partial charge in [0, 0.05) is 6.42 Å². The van der Waals surface area contributed by atoms with Crippen LogP contribution in [0.4, 0.5) is 0 Å². The van der Waals surface area contributed by atoms with Crippen molar-refractivity contribution in [3.63, 3.8) is 0 Å². The molecule has 0 radical (unpaired) electrons. The predicted octanol–water partition coefficient (Wildman–Crippen LogP) is 16.6. The molecule has 0 bridgehead atoms. The van der Waals surface area contributed by atoms with Crippen molar-refractivity contribution < 1.29 is 24.5 Å². The Morgan fingerprint density at radius 2 is 0.810 bits per heavy atom. The minimum atomic E-state index is -0.791. The number of nitrogens with one attached hydrogen (secondary N) is 1. The Labute approximate surface area is 391 Å². The summed E-state index contributed by atoms with van der Waals surface area (Å²) < 4.78 is 5.94. The molecular formula is C57H105NO5. The molecule has 0 rings (SSSR count). The Bertz CT molecular complexity index is 1080. The molecule has 0 saturated carbocycles. The molecular weight excluding hydrogens is 779 g/mol. The van der Waals surface area contributed by atoms with Crippen LogP contribution in [-0.4, -0.2) is 46.9 Å². The Morgan fingerprint density at radius 1 is 0.460 bits per heavy atom. The van der Waals surface area contributed by atoms with Gasteiger partial charge in [-0.15, -0.1) is 0 Å². The van der Waals surface area contributed by atoms with Crippen LogP contribution in [0.25, 0.3) is 0 Å². The van der Waals surface area contributed by atoms with E-state index < -0.39 is 18.2 Å². The van der Waals surface area contributed by atoms with Gasteiger partial charge in [-0.05, 0) is 89.9 Å². The molecule has 0 aromatic heterocycles. The second-order valence-corrected chi connectivity index (χ2v) is 18.6. The van der Waals surface area contributed by atoms with Gasteiger partial charge in [-0.1, -0.05) is 223 Å². The van der Waals surface area contributed by atoms with Gasteiger partial charge in [0.2, 0.25) is 5.91 Å². The van der Waals surface area contributed by atoms with Crippen molar-refractivity contribution in [2.24, 2.45) is 0 Å².